The van der Waals surface area contributed by atoms with Crippen molar-refractivity contribution in [2.24, 2.45) is 11.8 Å². The number of esters is 1. The Morgan fingerprint density at radius 3 is 3.06 bits per heavy atom. The largest absolute Gasteiger partial charge is 0.469 e. The molecule has 4 nitrogen and oxygen atoms in total. The van der Waals surface area contributed by atoms with Crippen molar-refractivity contribution in [1.29, 1.82) is 0 Å². The maximum Gasteiger partial charge on any atom is 0.309 e. The smallest absolute Gasteiger partial charge is 0.309 e. The highest BCUT2D eigenvalue weighted by Crippen LogP contribution is 2.41. The van der Waals surface area contributed by atoms with E-state index < -0.39 is 0 Å². The van der Waals surface area contributed by atoms with E-state index in [2.05, 4.69) is 6.08 Å². The summed E-state index contributed by atoms with van der Waals surface area (Å²) in [6.07, 6.45) is 6.51. The molecule has 3 rings (SSSR count). The average Bonchev–Trinajstić information content (AvgIpc) is 2.69. The van der Waals surface area contributed by atoms with Gasteiger partial charge in [-0.15, -0.1) is 0 Å². The molecule has 0 N–H and O–H groups in total. The number of ether oxygens (including phenoxy) is 1. The molecule has 0 aromatic rings. The number of rotatable bonds is 1. The summed E-state index contributed by atoms with van der Waals surface area (Å²) in [4.78, 5) is 25.6. The van der Waals surface area contributed by atoms with Crippen molar-refractivity contribution < 1.29 is 14.3 Å². The van der Waals surface area contributed by atoms with Gasteiger partial charge in [0.05, 0.1) is 19.1 Å². The lowest BCUT2D eigenvalue weighted by Crippen LogP contribution is -2.33. The van der Waals surface area contributed by atoms with Crippen LogP contribution in [-0.2, 0) is 14.3 Å². The van der Waals surface area contributed by atoms with Gasteiger partial charge in [-0.05, 0) is 31.6 Å². The Kier molecular flexibility index (Phi) is 2.88. The lowest BCUT2D eigenvalue weighted by Gasteiger charge is -2.28. The number of allylic oxidation sites excluding steroid dienone is 1. The van der Waals surface area contributed by atoms with Crippen LogP contribution in [0.3, 0.4) is 0 Å². The summed E-state index contributed by atoms with van der Waals surface area (Å²) >= 11 is 0. The van der Waals surface area contributed by atoms with Gasteiger partial charge in [0.2, 0.25) is 5.91 Å². The van der Waals surface area contributed by atoms with Crippen LogP contribution in [-0.4, -0.2) is 36.5 Å². The van der Waals surface area contributed by atoms with Crippen LogP contribution in [0.4, 0.5) is 0 Å². The zero-order valence-electron chi connectivity index (χ0n) is 10.7. The first-order valence-electron chi connectivity index (χ1n) is 6.77. The van der Waals surface area contributed by atoms with E-state index in [0.717, 1.165) is 32.2 Å². The Balaban J connectivity index is 1.85. The Morgan fingerprint density at radius 2 is 2.28 bits per heavy atom. The molecule has 0 radical (unpaired) electrons. The van der Waals surface area contributed by atoms with Crippen LogP contribution in [0.2, 0.25) is 0 Å². The van der Waals surface area contributed by atoms with Gasteiger partial charge < -0.3 is 9.64 Å². The van der Waals surface area contributed by atoms with E-state index in [1.807, 2.05) is 4.90 Å². The molecule has 2 fully saturated rings. The molecule has 4 heteroatoms. The third-order valence-corrected chi connectivity index (χ3v) is 4.70. The third-order valence-electron chi connectivity index (χ3n) is 4.70. The zero-order chi connectivity index (χ0) is 12.7. The van der Waals surface area contributed by atoms with Gasteiger partial charge in [0.25, 0.3) is 0 Å². The summed E-state index contributed by atoms with van der Waals surface area (Å²) in [5.41, 5.74) is 1.38. The minimum absolute atomic E-state index is 0.00567. The Hall–Kier alpha value is -1.32. The molecular formula is C14H19NO3. The standard InChI is InChI=1S/C14H19NO3/c1-18-14(17)11-3-2-10-8-9(11)6-7-15-12(10)4-5-13(15)16/h2,9,11-12H,3-8H2,1H3/t9-,11-,12+/m0/s1. The molecule has 3 aliphatic rings. The summed E-state index contributed by atoms with van der Waals surface area (Å²) in [7, 11) is 1.46. The van der Waals surface area contributed by atoms with Gasteiger partial charge in [-0.2, -0.15) is 0 Å². The van der Waals surface area contributed by atoms with Crippen molar-refractivity contribution in [3.8, 4) is 0 Å². The van der Waals surface area contributed by atoms with Crippen LogP contribution in [0.25, 0.3) is 0 Å². The number of carbonyl (C=O) groups excluding carboxylic acids is 2. The Labute approximate surface area is 107 Å². The number of hydrogen-bond acceptors (Lipinski definition) is 3. The van der Waals surface area contributed by atoms with Gasteiger partial charge in [0, 0.05) is 13.0 Å². The molecule has 2 heterocycles. The average molecular weight is 249 g/mol. The second-order valence-electron chi connectivity index (χ2n) is 5.54. The van der Waals surface area contributed by atoms with Gasteiger partial charge in [0.15, 0.2) is 0 Å². The van der Waals surface area contributed by atoms with Gasteiger partial charge >= 0.3 is 5.97 Å². The van der Waals surface area contributed by atoms with E-state index in [4.69, 9.17) is 4.74 Å². The van der Waals surface area contributed by atoms with Gasteiger partial charge in [0.1, 0.15) is 0 Å². The molecule has 0 spiro atoms. The number of nitrogens with zero attached hydrogens (tertiary/aromatic N) is 1. The molecule has 2 saturated heterocycles. The Morgan fingerprint density at radius 1 is 1.44 bits per heavy atom. The van der Waals surface area contributed by atoms with Crippen molar-refractivity contribution in [3.63, 3.8) is 0 Å². The SMILES string of the molecule is COC(=O)[C@H]1CC=C2C[C@@H]1CCN1C(=O)CC[C@H]21. The van der Waals surface area contributed by atoms with Crippen molar-refractivity contribution in [3.05, 3.63) is 11.6 Å². The second-order valence-corrected chi connectivity index (χ2v) is 5.54. The summed E-state index contributed by atoms with van der Waals surface area (Å²) in [5.74, 6) is 0.538. The molecule has 98 valence electrons. The van der Waals surface area contributed by atoms with Crippen molar-refractivity contribution in [1.82, 2.24) is 4.90 Å². The zero-order valence-corrected chi connectivity index (χ0v) is 10.7. The maximum atomic E-state index is 11.8. The normalized spacial score (nSPS) is 34.7. The van der Waals surface area contributed by atoms with Crippen LogP contribution in [0.15, 0.2) is 11.6 Å². The monoisotopic (exact) mass is 249 g/mol. The highest BCUT2D eigenvalue weighted by molar-refractivity contribution is 5.80. The summed E-state index contributed by atoms with van der Waals surface area (Å²) in [6.45, 7) is 0.805. The van der Waals surface area contributed by atoms with Crippen molar-refractivity contribution >= 4 is 11.9 Å². The molecule has 0 unspecified atom stereocenters. The topological polar surface area (TPSA) is 46.6 Å². The van der Waals surface area contributed by atoms with Crippen molar-refractivity contribution in [2.45, 2.75) is 38.1 Å². The van der Waals surface area contributed by atoms with Crippen LogP contribution < -0.4 is 0 Å². The van der Waals surface area contributed by atoms with Crippen LogP contribution in [0, 0.1) is 11.8 Å². The molecule has 18 heavy (non-hydrogen) atoms. The number of hydrogen-bond donors (Lipinski definition) is 0. The highest BCUT2D eigenvalue weighted by atomic mass is 16.5. The van der Waals surface area contributed by atoms with E-state index in [0.29, 0.717) is 18.4 Å². The highest BCUT2D eigenvalue weighted by Gasteiger charge is 2.41. The first-order valence-corrected chi connectivity index (χ1v) is 6.77. The van der Waals surface area contributed by atoms with Crippen LogP contribution in [0.1, 0.15) is 32.1 Å². The van der Waals surface area contributed by atoms with Gasteiger partial charge in [-0.25, -0.2) is 0 Å². The summed E-state index contributed by atoms with van der Waals surface area (Å²) in [5, 5.41) is 0. The fourth-order valence-electron chi connectivity index (χ4n) is 3.72. The summed E-state index contributed by atoms with van der Waals surface area (Å²) in [6, 6.07) is 0.320. The van der Waals surface area contributed by atoms with Crippen LogP contribution >= 0.6 is 0 Å². The lowest BCUT2D eigenvalue weighted by molar-refractivity contribution is -0.147. The molecule has 0 aromatic carbocycles. The predicted molar refractivity (Wildman–Crippen MR) is 65.7 cm³/mol. The van der Waals surface area contributed by atoms with E-state index in [1.165, 1.54) is 12.7 Å². The van der Waals surface area contributed by atoms with Gasteiger partial charge in [-0.3, -0.25) is 9.59 Å². The fraction of sp³-hybridized carbons (Fsp3) is 0.714. The Bertz CT molecular complexity index is 415. The minimum atomic E-state index is -0.0938. The molecule has 1 amide bonds. The van der Waals surface area contributed by atoms with E-state index in [-0.39, 0.29) is 17.8 Å². The molecule has 1 aliphatic carbocycles. The number of methoxy groups -OCH3 is 1. The van der Waals surface area contributed by atoms with Crippen LogP contribution in [0.5, 0.6) is 0 Å². The molecule has 2 aliphatic heterocycles. The third kappa shape index (κ3) is 1.74. The van der Waals surface area contributed by atoms with E-state index in [9.17, 15) is 9.59 Å². The van der Waals surface area contributed by atoms with E-state index >= 15 is 0 Å². The molecular weight excluding hydrogens is 230 g/mol. The maximum absolute atomic E-state index is 11.8. The molecule has 0 aromatic heterocycles. The van der Waals surface area contributed by atoms with E-state index in [1.54, 1.807) is 0 Å². The molecule has 2 bridgehead atoms. The number of fused-ring (bicyclic) bond motifs is 4. The van der Waals surface area contributed by atoms with Gasteiger partial charge in [-0.1, -0.05) is 11.6 Å². The first kappa shape index (κ1) is 11.8. The number of carbonyl (C=O) groups is 2. The lowest BCUT2D eigenvalue weighted by atomic mass is 9.77. The quantitative estimate of drug-likeness (QED) is 0.522. The van der Waals surface area contributed by atoms with Crippen molar-refractivity contribution in [2.75, 3.05) is 13.7 Å². The summed E-state index contributed by atoms with van der Waals surface area (Å²) < 4.78 is 4.89. The molecule has 3 atom stereocenters. The predicted octanol–water partition coefficient (Wildman–Crippen LogP) is 1.51. The minimum Gasteiger partial charge on any atom is -0.469 e. The second kappa shape index (κ2) is 4.41. The fourth-order valence-corrected chi connectivity index (χ4v) is 3.72. The first-order chi connectivity index (χ1) is 8.70. The molecule has 0 saturated carbocycles. The number of amides is 1.